The molecule has 72 valence electrons. The van der Waals surface area contributed by atoms with Crippen molar-refractivity contribution in [1.82, 2.24) is 15.0 Å². The quantitative estimate of drug-likeness (QED) is 0.758. The van der Waals surface area contributed by atoms with Gasteiger partial charge in [-0.1, -0.05) is 29.8 Å². The monoisotopic (exact) mass is 207 g/mol. The van der Waals surface area contributed by atoms with E-state index in [2.05, 4.69) is 10.2 Å². The van der Waals surface area contributed by atoms with E-state index in [1.807, 2.05) is 31.2 Å². The molecule has 0 aliphatic rings. The largest absolute Gasteiger partial charge is 0.178 e. The maximum absolute atomic E-state index is 6.07. The number of rotatable bonds is 2. The molecule has 1 unspecified atom stereocenters. The summed E-state index contributed by atoms with van der Waals surface area (Å²) < 4.78 is 0. The van der Waals surface area contributed by atoms with Gasteiger partial charge in [0.25, 0.3) is 0 Å². The molecular formula is C10H10ClN3. The van der Waals surface area contributed by atoms with E-state index in [9.17, 15) is 0 Å². The zero-order valence-electron chi connectivity index (χ0n) is 7.76. The van der Waals surface area contributed by atoms with Crippen LogP contribution in [-0.2, 0) is 0 Å². The lowest BCUT2D eigenvalue weighted by Gasteiger charge is -2.12. The zero-order chi connectivity index (χ0) is 9.97. The highest BCUT2D eigenvalue weighted by Crippen LogP contribution is 2.23. The Morgan fingerprint density at radius 2 is 1.86 bits per heavy atom. The maximum atomic E-state index is 6.07. The third-order valence-electron chi connectivity index (χ3n) is 2.14. The standard InChI is InChI=1S/C10H10ClN3/c1-8(14-12-6-7-13-14)9-4-2-3-5-10(9)11/h2-8H,1H3. The van der Waals surface area contributed by atoms with E-state index in [0.717, 1.165) is 10.6 Å². The summed E-state index contributed by atoms with van der Waals surface area (Å²) >= 11 is 6.07. The molecule has 14 heavy (non-hydrogen) atoms. The molecule has 2 aromatic rings. The molecule has 0 amide bonds. The Hall–Kier alpha value is -1.35. The van der Waals surface area contributed by atoms with Crippen molar-refractivity contribution in [1.29, 1.82) is 0 Å². The van der Waals surface area contributed by atoms with Gasteiger partial charge in [0.05, 0.1) is 18.4 Å². The third kappa shape index (κ3) is 1.63. The highest BCUT2D eigenvalue weighted by Gasteiger charge is 2.11. The van der Waals surface area contributed by atoms with Gasteiger partial charge in [-0.3, -0.25) is 0 Å². The van der Waals surface area contributed by atoms with Crippen LogP contribution in [0, 0.1) is 0 Å². The molecule has 0 aliphatic carbocycles. The molecule has 0 spiro atoms. The van der Waals surface area contributed by atoms with Crippen LogP contribution in [0.15, 0.2) is 36.7 Å². The normalized spacial score (nSPS) is 12.7. The van der Waals surface area contributed by atoms with E-state index < -0.39 is 0 Å². The SMILES string of the molecule is CC(c1ccccc1Cl)n1nccn1. The number of hydrogen-bond acceptors (Lipinski definition) is 2. The molecule has 0 fully saturated rings. The van der Waals surface area contributed by atoms with Crippen molar-refractivity contribution in [3.8, 4) is 0 Å². The Balaban J connectivity index is 2.37. The smallest absolute Gasteiger partial charge is 0.0951 e. The topological polar surface area (TPSA) is 30.7 Å². The molecule has 3 nitrogen and oxygen atoms in total. The van der Waals surface area contributed by atoms with Gasteiger partial charge in [-0.25, -0.2) is 0 Å². The molecule has 1 atom stereocenters. The van der Waals surface area contributed by atoms with Crippen LogP contribution in [0.3, 0.4) is 0 Å². The minimum absolute atomic E-state index is 0.0682. The molecule has 0 saturated heterocycles. The molecule has 4 heteroatoms. The number of aromatic nitrogens is 3. The third-order valence-corrected chi connectivity index (χ3v) is 2.48. The van der Waals surface area contributed by atoms with Crippen molar-refractivity contribution in [2.45, 2.75) is 13.0 Å². The van der Waals surface area contributed by atoms with Crippen LogP contribution in [0.25, 0.3) is 0 Å². The molecule has 0 saturated carbocycles. The van der Waals surface area contributed by atoms with Crippen molar-refractivity contribution in [3.05, 3.63) is 47.2 Å². The fourth-order valence-electron chi connectivity index (χ4n) is 1.36. The molecule has 0 N–H and O–H groups in total. The lowest BCUT2D eigenvalue weighted by atomic mass is 10.1. The lowest BCUT2D eigenvalue weighted by Crippen LogP contribution is -2.10. The fraction of sp³-hybridized carbons (Fsp3) is 0.200. The van der Waals surface area contributed by atoms with Gasteiger partial charge < -0.3 is 0 Å². The summed E-state index contributed by atoms with van der Waals surface area (Å²) in [6.07, 6.45) is 3.32. The number of nitrogens with zero attached hydrogens (tertiary/aromatic N) is 3. The Morgan fingerprint density at radius 1 is 1.21 bits per heavy atom. The highest BCUT2D eigenvalue weighted by molar-refractivity contribution is 6.31. The summed E-state index contributed by atoms with van der Waals surface area (Å²) in [6, 6.07) is 7.79. The van der Waals surface area contributed by atoms with Crippen LogP contribution in [0.1, 0.15) is 18.5 Å². The average molecular weight is 208 g/mol. The Morgan fingerprint density at radius 3 is 2.50 bits per heavy atom. The van der Waals surface area contributed by atoms with Crippen molar-refractivity contribution in [2.75, 3.05) is 0 Å². The lowest BCUT2D eigenvalue weighted by molar-refractivity contribution is 0.493. The van der Waals surface area contributed by atoms with Gasteiger partial charge in [0.1, 0.15) is 0 Å². The summed E-state index contributed by atoms with van der Waals surface area (Å²) in [7, 11) is 0. The predicted octanol–water partition coefficient (Wildman–Crippen LogP) is 2.54. The van der Waals surface area contributed by atoms with Gasteiger partial charge >= 0.3 is 0 Å². The minimum Gasteiger partial charge on any atom is -0.178 e. The van der Waals surface area contributed by atoms with E-state index in [-0.39, 0.29) is 6.04 Å². The number of halogens is 1. The molecule has 0 radical (unpaired) electrons. The van der Waals surface area contributed by atoms with Crippen LogP contribution in [0.5, 0.6) is 0 Å². The number of hydrogen-bond donors (Lipinski definition) is 0. The fourth-order valence-corrected chi connectivity index (χ4v) is 1.66. The first-order chi connectivity index (χ1) is 6.79. The van der Waals surface area contributed by atoms with Gasteiger partial charge in [0.15, 0.2) is 0 Å². The van der Waals surface area contributed by atoms with Crippen molar-refractivity contribution in [3.63, 3.8) is 0 Å². The van der Waals surface area contributed by atoms with Crippen LogP contribution >= 0.6 is 11.6 Å². The molecule has 1 heterocycles. The average Bonchev–Trinajstić information content (AvgIpc) is 2.70. The van der Waals surface area contributed by atoms with Crippen LogP contribution < -0.4 is 0 Å². The summed E-state index contributed by atoms with van der Waals surface area (Å²) in [4.78, 5) is 1.64. The van der Waals surface area contributed by atoms with Gasteiger partial charge in [-0.2, -0.15) is 15.0 Å². The first kappa shape index (κ1) is 9.21. The second kappa shape index (κ2) is 3.80. The molecule has 1 aromatic carbocycles. The second-order valence-electron chi connectivity index (χ2n) is 3.05. The zero-order valence-corrected chi connectivity index (χ0v) is 8.52. The van der Waals surface area contributed by atoms with E-state index in [1.54, 1.807) is 17.2 Å². The molecule has 0 bridgehead atoms. The molecule has 2 rings (SSSR count). The van der Waals surface area contributed by atoms with E-state index in [0.29, 0.717) is 0 Å². The predicted molar refractivity (Wildman–Crippen MR) is 55.3 cm³/mol. The van der Waals surface area contributed by atoms with Crippen molar-refractivity contribution >= 4 is 11.6 Å². The van der Waals surface area contributed by atoms with E-state index in [4.69, 9.17) is 11.6 Å². The molecule has 0 aliphatic heterocycles. The van der Waals surface area contributed by atoms with Gasteiger partial charge in [0.2, 0.25) is 0 Å². The van der Waals surface area contributed by atoms with Crippen LogP contribution in [-0.4, -0.2) is 15.0 Å². The Bertz CT molecular complexity index is 411. The highest BCUT2D eigenvalue weighted by atomic mass is 35.5. The number of benzene rings is 1. The maximum Gasteiger partial charge on any atom is 0.0951 e. The first-order valence-electron chi connectivity index (χ1n) is 4.39. The van der Waals surface area contributed by atoms with E-state index in [1.165, 1.54) is 0 Å². The first-order valence-corrected chi connectivity index (χ1v) is 4.77. The van der Waals surface area contributed by atoms with Gasteiger partial charge in [-0.05, 0) is 18.6 Å². The summed E-state index contributed by atoms with van der Waals surface area (Å²) in [5, 5.41) is 8.91. The summed E-state index contributed by atoms with van der Waals surface area (Å²) in [5.41, 5.74) is 1.03. The summed E-state index contributed by atoms with van der Waals surface area (Å²) in [5.74, 6) is 0. The van der Waals surface area contributed by atoms with Crippen molar-refractivity contribution < 1.29 is 0 Å². The van der Waals surface area contributed by atoms with Crippen molar-refractivity contribution in [2.24, 2.45) is 0 Å². The van der Waals surface area contributed by atoms with Crippen LogP contribution in [0.4, 0.5) is 0 Å². The molecular weight excluding hydrogens is 198 g/mol. The van der Waals surface area contributed by atoms with Crippen LogP contribution in [0.2, 0.25) is 5.02 Å². The Kier molecular flexibility index (Phi) is 2.50. The second-order valence-corrected chi connectivity index (χ2v) is 3.45. The minimum atomic E-state index is 0.0682. The molecule has 1 aromatic heterocycles. The van der Waals surface area contributed by atoms with Gasteiger partial charge in [0, 0.05) is 5.02 Å². The Labute approximate surface area is 87.3 Å². The van der Waals surface area contributed by atoms with E-state index >= 15 is 0 Å². The van der Waals surface area contributed by atoms with Gasteiger partial charge in [-0.15, -0.1) is 0 Å². The summed E-state index contributed by atoms with van der Waals surface area (Å²) in [6.45, 7) is 2.02.